The zero-order valence-electron chi connectivity index (χ0n) is 8.95. The van der Waals surface area contributed by atoms with Gasteiger partial charge in [0.05, 0.1) is 0 Å². The van der Waals surface area contributed by atoms with E-state index in [1.165, 1.54) is 6.07 Å². The van der Waals surface area contributed by atoms with E-state index >= 15 is 0 Å². The van der Waals surface area contributed by atoms with Crippen molar-refractivity contribution < 1.29 is 27.1 Å². The van der Waals surface area contributed by atoms with E-state index in [9.17, 15) is 13.2 Å². The van der Waals surface area contributed by atoms with Crippen molar-refractivity contribution in [3.8, 4) is 22.8 Å². The van der Waals surface area contributed by atoms with Crippen LogP contribution in [-0.2, 0) is 6.18 Å². The van der Waals surface area contributed by atoms with Crippen molar-refractivity contribution in [2.45, 2.75) is 6.18 Å². The Hall–Kier alpha value is -2.11. The van der Waals surface area contributed by atoms with Crippen LogP contribution in [0.1, 0.15) is 5.76 Å². The van der Waals surface area contributed by atoms with E-state index in [2.05, 4.69) is 0 Å². The molecule has 0 unspecified atom stereocenters. The normalized spacial score (nSPS) is 13.9. The second kappa shape index (κ2) is 3.69. The predicted octanol–water partition coefficient (Wildman–Crippen LogP) is 3.69. The molecule has 0 radical (unpaired) electrons. The second-order valence-electron chi connectivity index (χ2n) is 3.73. The zero-order valence-corrected chi connectivity index (χ0v) is 8.95. The lowest BCUT2D eigenvalue weighted by atomic mass is 10.1. The molecule has 0 bridgehead atoms. The van der Waals surface area contributed by atoms with Gasteiger partial charge >= 0.3 is 6.18 Å². The molecule has 2 aromatic rings. The molecule has 1 aromatic heterocycles. The van der Waals surface area contributed by atoms with Crippen molar-refractivity contribution in [1.29, 1.82) is 0 Å². The van der Waals surface area contributed by atoms with Crippen molar-refractivity contribution in [2.75, 3.05) is 6.79 Å². The second-order valence-corrected chi connectivity index (χ2v) is 3.73. The van der Waals surface area contributed by atoms with Gasteiger partial charge < -0.3 is 13.9 Å². The number of alkyl halides is 3. The fourth-order valence-electron chi connectivity index (χ4n) is 1.70. The number of furan rings is 1. The summed E-state index contributed by atoms with van der Waals surface area (Å²) in [5.74, 6) is 0.189. The number of hydrogen-bond donors (Lipinski definition) is 0. The SMILES string of the molecule is FC(F)(F)c1ccc(-c2ccc3c(c2)OCO3)o1. The molecule has 0 N–H and O–H groups in total. The van der Waals surface area contributed by atoms with Gasteiger partial charge in [-0.25, -0.2) is 0 Å². The Balaban J connectivity index is 1.98. The molecule has 18 heavy (non-hydrogen) atoms. The summed E-state index contributed by atoms with van der Waals surface area (Å²) < 4.78 is 52.2. The maximum Gasteiger partial charge on any atom is 0.449 e. The van der Waals surface area contributed by atoms with Crippen molar-refractivity contribution in [1.82, 2.24) is 0 Å². The van der Waals surface area contributed by atoms with Crippen molar-refractivity contribution in [3.63, 3.8) is 0 Å². The molecule has 3 rings (SSSR count). The minimum atomic E-state index is -4.48. The fraction of sp³-hybridized carbons (Fsp3) is 0.167. The lowest BCUT2D eigenvalue weighted by molar-refractivity contribution is -0.152. The lowest BCUT2D eigenvalue weighted by Crippen LogP contribution is -2.01. The highest BCUT2D eigenvalue weighted by atomic mass is 19.4. The van der Waals surface area contributed by atoms with Gasteiger partial charge in [0.15, 0.2) is 11.5 Å². The average molecular weight is 256 g/mol. The maximum absolute atomic E-state index is 12.4. The summed E-state index contributed by atoms with van der Waals surface area (Å²) in [6.45, 7) is 0.116. The standard InChI is InChI=1S/C12H7F3O3/c13-12(14,15)11-4-3-8(18-11)7-1-2-9-10(5-7)17-6-16-9/h1-5H,6H2. The summed E-state index contributed by atoms with van der Waals surface area (Å²) in [4.78, 5) is 0. The molecule has 0 aliphatic carbocycles. The molecule has 0 atom stereocenters. The van der Waals surface area contributed by atoms with E-state index in [-0.39, 0.29) is 12.6 Å². The van der Waals surface area contributed by atoms with Crippen LogP contribution in [0.4, 0.5) is 13.2 Å². The third-order valence-corrected chi connectivity index (χ3v) is 2.54. The van der Waals surface area contributed by atoms with Gasteiger partial charge in [0.1, 0.15) is 5.76 Å². The minimum Gasteiger partial charge on any atom is -0.454 e. The van der Waals surface area contributed by atoms with Crippen LogP contribution in [0.15, 0.2) is 34.7 Å². The summed E-state index contributed by atoms with van der Waals surface area (Å²) >= 11 is 0. The van der Waals surface area contributed by atoms with Crippen LogP contribution in [0.3, 0.4) is 0 Å². The van der Waals surface area contributed by atoms with E-state index in [1.807, 2.05) is 0 Å². The highest BCUT2D eigenvalue weighted by Gasteiger charge is 2.34. The molecule has 2 heterocycles. The van der Waals surface area contributed by atoms with E-state index in [4.69, 9.17) is 13.9 Å². The zero-order chi connectivity index (χ0) is 12.8. The van der Waals surface area contributed by atoms with Crippen LogP contribution in [0.25, 0.3) is 11.3 Å². The lowest BCUT2D eigenvalue weighted by Gasteiger charge is -2.02. The monoisotopic (exact) mass is 256 g/mol. The summed E-state index contributed by atoms with van der Waals surface area (Å²) in [6, 6.07) is 7.02. The van der Waals surface area contributed by atoms with Crippen LogP contribution in [0, 0.1) is 0 Å². The highest BCUT2D eigenvalue weighted by Crippen LogP contribution is 2.38. The van der Waals surface area contributed by atoms with Gasteiger partial charge in [-0.3, -0.25) is 0 Å². The molecule has 1 aromatic carbocycles. The molecule has 3 nitrogen and oxygen atoms in total. The van der Waals surface area contributed by atoms with Gasteiger partial charge in [-0.2, -0.15) is 13.2 Å². The number of benzene rings is 1. The van der Waals surface area contributed by atoms with Crippen LogP contribution in [0.5, 0.6) is 11.5 Å². The minimum absolute atomic E-state index is 0.116. The third-order valence-electron chi connectivity index (χ3n) is 2.54. The molecule has 1 aliphatic rings. The smallest absolute Gasteiger partial charge is 0.449 e. The molecule has 1 aliphatic heterocycles. The number of fused-ring (bicyclic) bond motifs is 1. The quantitative estimate of drug-likeness (QED) is 0.779. The predicted molar refractivity (Wildman–Crippen MR) is 55.3 cm³/mol. The Morgan fingerprint density at radius 2 is 1.72 bits per heavy atom. The van der Waals surface area contributed by atoms with Crippen LogP contribution >= 0.6 is 0 Å². The van der Waals surface area contributed by atoms with Crippen LogP contribution in [0.2, 0.25) is 0 Å². The number of hydrogen-bond acceptors (Lipinski definition) is 3. The van der Waals surface area contributed by atoms with E-state index in [0.29, 0.717) is 17.1 Å². The van der Waals surface area contributed by atoms with E-state index < -0.39 is 11.9 Å². The maximum atomic E-state index is 12.4. The number of ether oxygens (including phenoxy) is 2. The molecule has 94 valence electrons. The first-order valence-corrected chi connectivity index (χ1v) is 5.11. The molecule has 0 saturated carbocycles. The Morgan fingerprint density at radius 1 is 0.944 bits per heavy atom. The van der Waals surface area contributed by atoms with Crippen LogP contribution in [-0.4, -0.2) is 6.79 Å². The van der Waals surface area contributed by atoms with Crippen molar-refractivity contribution in [2.24, 2.45) is 0 Å². The van der Waals surface area contributed by atoms with Crippen molar-refractivity contribution in [3.05, 3.63) is 36.1 Å². The number of halogens is 3. The molecular formula is C12H7F3O3. The largest absolute Gasteiger partial charge is 0.454 e. The van der Waals surface area contributed by atoms with E-state index in [0.717, 1.165) is 6.07 Å². The molecule has 6 heteroatoms. The van der Waals surface area contributed by atoms with Gasteiger partial charge in [-0.1, -0.05) is 0 Å². The first-order chi connectivity index (χ1) is 8.54. The average Bonchev–Trinajstić information content (AvgIpc) is 2.96. The first-order valence-electron chi connectivity index (χ1n) is 5.11. The van der Waals surface area contributed by atoms with Gasteiger partial charge in [-0.15, -0.1) is 0 Å². The van der Waals surface area contributed by atoms with Gasteiger partial charge in [0, 0.05) is 5.56 Å². The molecule has 0 fully saturated rings. The number of rotatable bonds is 1. The Bertz CT molecular complexity index is 586. The molecular weight excluding hydrogens is 249 g/mol. The van der Waals surface area contributed by atoms with Gasteiger partial charge in [-0.05, 0) is 30.3 Å². The van der Waals surface area contributed by atoms with Gasteiger partial charge in [0.2, 0.25) is 12.6 Å². The summed E-state index contributed by atoms with van der Waals surface area (Å²) in [6.07, 6.45) is -4.48. The fourth-order valence-corrected chi connectivity index (χ4v) is 1.70. The van der Waals surface area contributed by atoms with E-state index in [1.54, 1.807) is 18.2 Å². The summed E-state index contributed by atoms with van der Waals surface area (Å²) in [5, 5.41) is 0. The summed E-state index contributed by atoms with van der Waals surface area (Å²) in [7, 11) is 0. The third kappa shape index (κ3) is 1.79. The highest BCUT2D eigenvalue weighted by molar-refractivity contribution is 5.63. The van der Waals surface area contributed by atoms with Gasteiger partial charge in [0.25, 0.3) is 0 Å². The molecule has 0 amide bonds. The Morgan fingerprint density at radius 3 is 2.44 bits per heavy atom. The van der Waals surface area contributed by atoms with Crippen LogP contribution < -0.4 is 9.47 Å². The van der Waals surface area contributed by atoms with Crippen molar-refractivity contribution >= 4 is 0 Å². The molecule has 0 saturated heterocycles. The topological polar surface area (TPSA) is 31.6 Å². The Kier molecular flexibility index (Phi) is 2.26. The first kappa shape index (κ1) is 11.0. The summed E-state index contributed by atoms with van der Waals surface area (Å²) in [5.41, 5.74) is 0.509. The Labute approximate surface area is 99.7 Å². The molecule has 0 spiro atoms.